The van der Waals surface area contributed by atoms with Crippen molar-refractivity contribution in [1.82, 2.24) is 10.2 Å². The van der Waals surface area contributed by atoms with Crippen LogP contribution in [0.15, 0.2) is 77.7 Å². The molecule has 7 nitrogen and oxygen atoms in total. The lowest BCUT2D eigenvalue weighted by atomic mass is 9.95. The summed E-state index contributed by atoms with van der Waals surface area (Å²) in [6.45, 7) is 1.09. The molecule has 41 heavy (non-hydrogen) atoms. The maximum absolute atomic E-state index is 14.0. The molecule has 0 spiro atoms. The van der Waals surface area contributed by atoms with Crippen molar-refractivity contribution in [1.29, 1.82) is 0 Å². The number of carbonyl (C=O) groups excluding carboxylic acids is 2. The topological polar surface area (TPSA) is 86.8 Å². The average Bonchev–Trinajstić information content (AvgIpc) is 2.95. The molecule has 0 saturated heterocycles. The molecule has 3 aromatic carbocycles. The number of benzene rings is 3. The molecule has 0 bridgehead atoms. The zero-order valence-corrected chi connectivity index (χ0v) is 25.7. The van der Waals surface area contributed by atoms with Gasteiger partial charge in [-0.05, 0) is 73.9 Å². The van der Waals surface area contributed by atoms with Crippen LogP contribution < -0.4 is 9.62 Å². The molecule has 0 aromatic heterocycles. The summed E-state index contributed by atoms with van der Waals surface area (Å²) in [6.07, 6.45) is 5.00. The first-order chi connectivity index (χ1) is 19.6. The fraction of sp³-hybridized carbons (Fsp3) is 0.333. The fourth-order valence-electron chi connectivity index (χ4n) is 4.86. The van der Waals surface area contributed by atoms with Crippen LogP contribution in [0.1, 0.15) is 44.6 Å². The van der Waals surface area contributed by atoms with E-state index >= 15 is 0 Å². The first kappa shape index (κ1) is 31.2. The highest BCUT2D eigenvalue weighted by molar-refractivity contribution is 7.92. The van der Waals surface area contributed by atoms with E-state index in [0.29, 0.717) is 20.6 Å². The Morgan fingerprint density at radius 2 is 1.59 bits per heavy atom. The summed E-state index contributed by atoms with van der Waals surface area (Å²) < 4.78 is 28.7. The van der Waals surface area contributed by atoms with Crippen LogP contribution in [-0.4, -0.2) is 43.8 Å². The zero-order chi connectivity index (χ0) is 29.6. The van der Waals surface area contributed by atoms with Crippen molar-refractivity contribution >= 4 is 62.3 Å². The lowest BCUT2D eigenvalue weighted by Crippen LogP contribution is -2.53. The van der Waals surface area contributed by atoms with Crippen LogP contribution in [0.4, 0.5) is 5.69 Å². The number of nitrogens with zero attached hydrogens (tertiary/aromatic N) is 2. The Kier molecular flexibility index (Phi) is 10.6. The number of carbonyl (C=O) groups is 2. The summed E-state index contributed by atoms with van der Waals surface area (Å²) in [4.78, 5) is 28.7. The number of hydrogen-bond donors (Lipinski definition) is 1. The second-order valence-electron chi connectivity index (χ2n) is 10.1. The van der Waals surface area contributed by atoms with Gasteiger partial charge < -0.3 is 10.2 Å². The van der Waals surface area contributed by atoms with Crippen LogP contribution in [-0.2, 0) is 26.2 Å². The summed E-state index contributed by atoms with van der Waals surface area (Å²) in [6, 6.07) is 18.1. The number of amides is 2. The number of sulfonamides is 1. The Bertz CT molecular complexity index is 1480. The SMILES string of the molecule is C[C@@H](C(=O)NC1CCCCC1)N(Cc1ccccc1Cl)C(=O)CN(c1cccc(Cl)c1)S(=O)(=O)c1ccc(Cl)cc1. The van der Waals surface area contributed by atoms with Crippen molar-refractivity contribution in [3.63, 3.8) is 0 Å². The van der Waals surface area contributed by atoms with Crippen LogP contribution in [0.3, 0.4) is 0 Å². The molecule has 0 unspecified atom stereocenters. The van der Waals surface area contributed by atoms with Crippen LogP contribution >= 0.6 is 34.8 Å². The first-order valence-corrected chi connectivity index (χ1v) is 16.0. The first-order valence-electron chi connectivity index (χ1n) is 13.4. The molecule has 1 fully saturated rings. The smallest absolute Gasteiger partial charge is 0.264 e. The minimum atomic E-state index is -4.22. The summed E-state index contributed by atoms with van der Waals surface area (Å²) in [7, 11) is -4.22. The third-order valence-electron chi connectivity index (χ3n) is 7.19. The third-order valence-corrected chi connectivity index (χ3v) is 9.84. The lowest BCUT2D eigenvalue weighted by molar-refractivity contribution is -0.139. The van der Waals surface area contributed by atoms with Crippen molar-refractivity contribution in [3.8, 4) is 0 Å². The molecule has 1 aliphatic carbocycles. The molecule has 1 atom stereocenters. The third kappa shape index (κ3) is 7.95. The van der Waals surface area contributed by atoms with E-state index in [1.165, 1.54) is 35.2 Å². The average molecular weight is 637 g/mol. The van der Waals surface area contributed by atoms with Gasteiger partial charge in [0.2, 0.25) is 11.8 Å². The standard InChI is InChI=1S/C30H32Cl3N3O4S/c1-21(30(38)34-25-10-3-2-4-11-25)35(19-22-8-5-6-13-28(22)33)29(37)20-36(26-12-7-9-24(32)18-26)41(39,40)27-16-14-23(31)15-17-27/h5-9,12-18,21,25H,2-4,10-11,19-20H2,1H3,(H,34,38)/t21-/m0/s1. The van der Waals surface area contributed by atoms with Crippen LogP contribution in [0.25, 0.3) is 0 Å². The minimum absolute atomic E-state index is 0.0160. The molecule has 0 aliphatic heterocycles. The monoisotopic (exact) mass is 635 g/mol. The van der Waals surface area contributed by atoms with Crippen molar-refractivity contribution in [2.75, 3.05) is 10.8 Å². The van der Waals surface area contributed by atoms with Crippen molar-refractivity contribution in [3.05, 3.63) is 93.4 Å². The van der Waals surface area contributed by atoms with E-state index in [2.05, 4.69) is 5.32 Å². The van der Waals surface area contributed by atoms with E-state index < -0.39 is 28.5 Å². The largest absolute Gasteiger partial charge is 0.352 e. The summed E-state index contributed by atoms with van der Waals surface area (Å²) >= 11 is 18.6. The molecule has 1 aliphatic rings. The molecule has 11 heteroatoms. The Morgan fingerprint density at radius 1 is 0.902 bits per heavy atom. The van der Waals surface area contributed by atoms with E-state index in [0.717, 1.165) is 36.4 Å². The van der Waals surface area contributed by atoms with E-state index in [9.17, 15) is 18.0 Å². The quantitative estimate of drug-likeness (QED) is 0.268. The van der Waals surface area contributed by atoms with Gasteiger partial charge in [0.15, 0.2) is 0 Å². The van der Waals surface area contributed by atoms with E-state index in [-0.39, 0.29) is 29.1 Å². The van der Waals surface area contributed by atoms with E-state index in [1.807, 2.05) is 0 Å². The number of halogens is 3. The van der Waals surface area contributed by atoms with Crippen LogP contribution in [0, 0.1) is 0 Å². The van der Waals surface area contributed by atoms with Gasteiger partial charge in [0.25, 0.3) is 10.0 Å². The van der Waals surface area contributed by atoms with Crippen molar-refractivity contribution < 1.29 is 18.0 Å². The fourth-order valence-corrected chi connectivity index (χ4v) is 6.77. The molecule has 1 saturated carbocycles. The number of hydrogen-bond acceptors (Lipinski definition) is 4. The summed E-state index contributed by atoms with van der Waals surface area (Å²) in [5, 5.41) is 4.19. The highest BCUT2D eigenvalue weighted by Crippen LogP contribution is 2.28. The number of nitrogens with one attached hydrogen (secondary N) is 1. The minimum Gasteiger partial charge on any atom is -0.352 e. The summed E-state index contributed by atoms with van der Waals surface area (Å²) in [5.41, 5.74) is 0.840. The molecule has 2 amide bonds. The molecule has 4 rings (SSSR count). The highest BCUT2D eigenvalue weighted by atomic mass is 35.5. The van der Waals surface area contributed by atoms with Gasteiger partial charge in [0, 0.05) is 27.7 Å². The van der Waals surface area contributed by atoms with Crippen LogP contribution in [0.2, 0.25) is 15.1 Å². The molecular weight excluding hydrogens is 605 g/mol. The predicted molar refractivity (Wildman–Crippen MR) is 164 cm³/mol. The molecule has 0 heterocycles. The Morgan fingerprint density at radius 3 is 2.24 bits per heavy atom. The molecule has 0 radical (unpaired) electrons. The van der Waals surface area contributed by atoms with Gasteiger partial charge in [-0.3, -0.25) is 13.9 Å². The maximum Gasteiger partial charge on any atom is 0.264 e. The molecular formula is C30H32Cl3N3O4S. The normalized spacial score (nSPS) is 14.7. The van der Waals surface area contributed by atoms with Gasteiger partial charge in [0.05, 0.1) is 10.6 Å². The number of anilines is 1. The highest BCUT2D eigenvalue weighted by Gasteiger charge is 2.33. The summed E-state index contributed by atoms with van der Waals surface area (Å²) in [5.74, 6) is -0.874. The van der Waals surface area contributed by atoms with Gasteiger partial charge in [-0.1, -0.05) is 78.3 Å². The lowest BCUT2D eigenvalue weighted by Gasteiger charge is -2.33. The zero-order valence-electron chi connectivity index (χ0n) is 22.6. The number of rotatable bonds is 10. The van der Waals surface area contributed by atoms with Gasteiger partial charge in [-0.15, -0.1) is 0 Å². The molecule has 1 N–H and O–H groups in total. The maximum atomic E-state index is 14.0. The Hall–Kier alpha value is -2.78. The Balaban J connectivity index is 1.68. The molecule has 218 valence electrons. The van der Waals surface area contributed by atoms with Gasteiger partial charge in [-0.2, -0.15) is 0 Å². The second kappa shape index (κ2) is 13.9. The second-order valence-corrected chi connectivity index (χ2v) is 13.2. The predicted octanol–water partition coefficient (Wildman–Crippen LogP) is 6.71. The van der Waals surface area contributed by atoms with Gasteiger partial charge in [-0.25, -0.2) is 8.42 Å². The van der Waals surface area contributed by atoms with Crippen molar-refractivity contribution in [2.45, 2.75) is 62.6 Å². The van der Waals surface area contributed by atoms with E-state index in [1.54, 1.807) is 49.4 Å². The molecule has 3 aromatic rings. The van der Waals surface area contributed by atoms with Gasteiger partial charge >= 0.3 is 0 Å². The van der Waals surface area contributed by atoms with Crippen LogP contribution in [0.5, 0.6) is 0 Å². The van der Waals surface area contributed by atoms with Gasteiger partial charge in [0.1, 0.15) is 12.6 Å². The van der Waals surface area contributed by atoms with Crippen molar-refractivity contribution in [2.24, 2.45) is 0 Å². The van der Waals surface area contributed by atoms with E-state index in [4.69, 9.17) is 34.8 Å². The Labute approximate surface area is 256 Å².